The first-order chi connectivity index (χ1) is 11.2. The number of amides is 2. The Balaban J connectivity index is 1.55. The van der Waals surface area contributed by atoms with E-state index in [0.717, 1.165) is 25.2 Å². The van der Waals surface area contributed by atoms with Gasteiger partial charge in [0, 0.05) is 43.0 Å². The zero-order valence-electron chi connectivity index (χ0n) is 13.4. The number of carbonyl (C=O) groups is 1. The summed E-state index contributed by atoms with van der Waals surface area (Å²) in [6, 6.07) is 7.82. The van der Waals surface area contributed by atoms with Gasteiger partial charge in [0.25, 0.3) is 0 Å². The average Bonchev–Trinajstić information content (AvgIpc) is 3.03. The van der Waals surface area contributed by atoms with E-state index in [0.29, 0.717) is 0 Å². The first-order valence-electron chi connectivity index (χ1n) is 8.46. The molecular formula is C18H25N3O2. The molecule has 1 saturated heterocycles. The van der Waals surface area contributed by atoms with E-state index in [1.54, 1.807) is 0 Å². The number of benzene rings is 1. The van der Waals surface area contributed by atoms with Gasteiger partial charge in [-0.2, -0.15) is 0 Å². The normalized spacial score (nSPS) is 23.8. The minimum absolute atomic E-state index is 0.00238. The van der Waals surface area contributed by atoms with Crippen molar-refractivity contribution in [2.24, 2.45) is 5.92 Å². The lowest BCUT2D eigenvalue weighted by Crippen LogP contribution is -2.36. The van der Waals surface area contributed by atoms with Gasteiger partial charge in [0.2, 0.25) is 0 Å². The molecule has 1 aromatic rings. The van der Waals surface area contributed by atoms with Crippen LogP contribution < -0.4 is 15.5 Å². The van der Waals surface area contributed by atoms with Crippen molar-refractivity contribution in [2.75, 3.05) is 29.9 Å². The summed E-state index contributed by atoms with van der Waals surface area (Å²) in [5, 5.41) is 15.0. The molecule has 0 aromatic heterocycles. The van der Waals surface area contributed by atoms with E-state index < -0.39 is 0 Å². The molecule has 0 bridgehead atoms. The van der Waals surface area contributed by atoms with Crippen molar-refractivity contribution < 1.29 is 9.90 Å². The third-order valence-corrected chi connectivity index (χ3v) is 4.55. The van der Waals surface area contributed by atoms with Crippen molar-refractivity contribution in [3.05, 3.63) is 36.4 Å². The van der Waals surface area contributed by atoms with E-state index in [1.807, 2.05) is 30.4 Å². The van der Waals surface area contributed by atoms with Crippen molar-refractivity contribution >= 4 is 17.4 Å². The average molecular weight is 315 g/mol. The number of urea groups is 1. The highest BCUT2D eigenvalue weighted by Crippen LogP contribution is 2.23. The van der Waals surface area contributed by atoms with E-state index >= 15 is 0 Å². The largest absolute Gasteiger partial charge is 0.396 e. The maximum atomic E-state index is 12.1. The van der Waals surface area contributed by atoms with Crippen molar-refractivity contribution in [1.82, 2.24) is 5.32 Å². The Morgan fingerprint density at radius 3 is 2.78 bits per heavy atom. The lowest BCUT2D eigenvalue weighted by molar-refractivity contribution is 0.238. The maximum Gasteiger partial charge on any atom is 0.319 e. The van der Waals surface area contributed by atoms with Crippen LogP contribution in [-0.2, 0) is 0 Å². The van der Waals surface area contributed by atoms with Gasteiger partial charge in [-0.15, -0.1) is 0 Å². The first kappa shape index (κ1) is 15.9. The van der Waals surface area contributed by atoms with Gasteiger partial charge in [-0.1, -0.05) is 18.2 Å². The molecule has 1 aliphatic heterocycles. The standard InChI is InChI=1S/C18H25N3O2/c22-13-14-7-8-16(11-14)20-18(23)19-15-5-4-6-17(12-15)21-9-2-1-3-10-21/h4-8,12,14,16,22H,1-3,9-11,13H2,(H2,19,20,23)/t14-,16+/m0/s1. The van der Waals surface area contributed by atoms with Crippen LogP contribution in [0.2, 0.25) is 0 Å². The van der Waals surface area contributed by atoms with Crippen molar-refractivity contribution in [3.8, 4) is 0 Å². The molecule has 0 unspecified atom stereocenters. The van der Waals surface area contributed by atoms with Crippen LogP contribution in [0.25, 0.3) is 0 Å². The van der Waals surface area contributed by atoms with E-state index in [9.17, 15) is 4.79 Å². The monoisotopic (exact) mass is 315 g/mol. The molecule has 23 heavy (non-hydrogen) atoms. The molecule has 2 amide bonds. The van der Waals surface area contributed by atoms with Crippen LogP contribution in [0.5, 0.6) is 0 Å². The number of nitrogens with one attached hydrogen (secondary N) is 2. The first-order valence-corrected chi connectivity index (χ1v) is 8.46. The minimum atomic E-state index is -0.200. The second-order valence-electron chi connectivity index (χ2n) is 6.37. The number of piperidine rings is 1. The molecule has 1 fully saturated rings. The Kier molecular flexibility index (Phi) is 5.18. The van der Waals surface area contributed by atoms with E-state index in [4.69, 9.17) is 5.11 Å². The highest BCUT2D eigenvalue weighted by atomic mass is 16.3. The van der Waals surface area contributed by atoms with Gasteiger partial charge >= 0.3 is 6.03 Å². The number of aliphatic hydroxyl groups excluding tert-OH is 1. The van der Waals surface area contributed by atoms with Gasteiger partial charge in [0.15, 0.2) is 0 Å². The number of anilines is 2. The van der Waals surface area contributed by atoms with Gasteiger partial charge in [-0.25, -0.2) is 4.79 Å². The highest BCUT2D eigenvalue weighted by Gasteiger charge is 2.19. The van der Waals surface area contributed by atoms with E-state index in [2.05, 4.69) is 21.6 Å². The fourth-order valence-electron chi connectivity index (χ4n) is 3.29. The highest BCUT2D eigenvalue weighted by molar-refractivity contribution is 5.90. The summed E-state index contributed by atoms with van der Waals surface area (Å²) in [6.07, 6.45) is 8.45. The van der Waals surface area contributed by atoms with Gasteiger partial charge in [-0.05, 0) is 43.9 Å². The van der Waals surface area contributed by atoms with Crippen molar-refractivity contribution in [1.29, 1.82) is 0 Å². The third-order valence-electron chi connectivity index (χ3n) is 4.55. The van der Waals surface area contributed by atoms with Crippen LogP contribution in [0.1, 0.15) is 25.7 Å². The molecule has 3 N–H and O–H groups in total. The Hall–Kier alpha value is -2.01. The minimum Gasteiger partial charge on any atom is -0.396 e. The lowest BCUT2D eigenvalue weighted by atomic mass is 10.1. The zero-order valence-corrected chi connectivity index (χ0v) is 13.4. The lowest BCUT2D eigenvalue weighted by Gasteiger charge is -2.29. The molecule has 0 saturated carbocycles. The van der Waals surface area contributed by atoms with Gasteiger partial charge < -0.3 is 20.6 Å². The van der Waals surface area contributed by atoms with E-state index in [-0.39, 0.29) is 24.6 Å². The predicted molar refractivity (Wildman–Crippen MR) is 92.8 cm³/mol. The zero-order chi connectivity index (χ0) is 16.1. The topological polar surface area (TPSA) is 64.6 Å². The molecule has 0 radical (unpaired) electrons. The van der Waals surface area contributed by atoms with Gasteiger partial charge in [-0.3, -0.25) is 0 Å². The summed E-state index contributed by atoms with van der Waals surface area (Å²) in [4.78, 5) is 14.5. The Bertz CT molecular complexity index is 567. The molecule has 1 aromatic carbocycles. The molecule has 2 aliphatic rings. The maximum absolute atomic E-state index is 12.1. The summed E-state index contributed by atoms with van der Waals surface area (Å²) in [5.41, 5.74) is 1.98. The molecular weight excluding hydrogens is 290 g/mol. The van der Waals surface area contributed by atoms with Crippen LogP contribution in [0.15, 0.2) is 36.4 Å². The van der Waals surface area contributed by atoms with Crippen LogP contribution >= 0.6 is 0 Å². The molecule has 5 heteroatoms. The van der Waals surface area contributed by atoms with Crippen LogP contribution in [0, 0.1) is 5.92 Å². The fraction of sp³-hybridized carbons (Fsp3) is 0.500. The second-order valence-corrected chi connectivity index (χ2v) is 6.37. The van der Waals surface area contributed by atoms with Gasteiger partial charge in [0.1, 0.15) is 0 Å². The molecule has 2 atom stereocenters. The fourth-order valence-corrected chi connectivity index (χ4v) is 3.29. The SMILES string of the molecule is O=C(Nc1cccc(N2CCCCC2)c1)N[C@@H]1C=C[C@H](CO)C1. The number of carbonyl (C=O) groups excluding carboxylic acids is 1. The Morgan fingerprint density at radius 2 is 2.04 bits per heavy atom. The quantitative estimate of drug-likeness (QED) is 0.749. The number of nitrogens with zero attached hydrogens (tertiary/aromatic N) is 1. The summed E-state index contributed by atoms with van der Waals surface area (Å²) >= 11 is 0. The van der Waals surface area contributed by atoms with E-state index in [1.165, 1.54) is 24.9 Å². The number of aliphatic hydroxyl groups is 1. The molecule has 5 nitrogen and oxygen atoms in total. The number of rotatable bonds is 4. The molecule has 1 aliphatic carbocycles. The summed E-state index contributed by atoms with van der Waals surface area (Å²) in [6.45, 7) is 2.31. The second kappa shape index (κ2) is 7.51. The molecule has 1 heterocycles. The van der Waals surface area contributed by atoms with Crippen molar-refractivity contribution in [2.45, 2.75) is 31.7 Å². The number of hydrogen-bond donors (Lipinski definition) is 3. The van der Waals surface area contributed by atoms with Crippen LogP contribution in [0.3, 0.4) is 0 Å². The molecule has 0 spiro atoms. The molecule has 3 rings (SSSR count). The van der Waals surface area contributed by atoms with Gasteiger partial charge in [0.05, 0.1) is 0 Å². The predicted octanol–water partition coefficient (Wildman–Crippen LogP) is 2.74. The Labute approximate surface area is 137 Å². The summed E-state index contributed by atoms with van der Waals surface area (Å²) in [7, 11) is 0. The van der Waals surface area contributed by atoms with Crippen molar-refractivity contribution in [3.63, 3.8) is 0 Å². The summed E-state index contributed by atoms with van der Waals surface area (Å²) < 4.78 is 0. The van der Waals surface area contributed by atoms with Crippen LogP contribution in [0.4, 0.5) is 16.2 Å². The van der Waals surface area contributed by atoms with Crippen LogP contribution in [-0.4, -0.2) is 36.9 Å². The molecule has 124 valence electrons. The number of hydrogen-bond acceptors (Lipinski definition) is 3. The Morgan fingerprint density at radius 1 is 1.22 bits per heavy atom. The smallest absolute Gasteiger partial charge is 0.319 e. The third kappa shape index (κ3) is 4.26. The summed E-state index contributed by atoms with van der Waals surface area (Å²) in [5.74, 6) is 0.155.